The Morgan fingerprint density at radius 2 is 1.92 bits per heavy atom. The third kappa shape index (κ3) is 4.32. The molecule has 25 heavy (non-hydrogen) atoms. The zero-order chi connectivity index (χ0) is 17.6. The van der Waals surface area contributed by atoms with Gasteiger partial charge in [-0.15, -0.1) is 0 Å². The lowest BCUT2D eigenvalue weighted by atomic mass is 10.2. The zero-order valence-electron chi connectivity index (χ0n) is 13.4. The number of benzene rings is 2. The molecule has 3 rings (SSSR count). The summed E-state index contributed by atoms with van der Waals surface area (Å²) in [5.74, 6) is 1.41. The van der Waals surface area contributed by atoms with Crippen LogP contribution in [-0.4, -0.2) is 28.2 Å². The Bertz CT molecular complexity index is 959. The highest BCUT2D eigenvalue weighted by atomic mass is 79.9. The van der Waals surface area contributed by atoms with Gasteiger partial charge in [0.2, 0.25) is 4.77 Å². The predicted molar refractivity (Wildman–Crippen MR) is 107 cm³/mol. The van der Waals surface area contributed by atoms with Gasteiger partial charge in [-0.25, -0.2) is 5.10 Å². The van der Waals surface area contributed by atoms with E-state index >= 15 is 0 Å². The Morgan fingerprint density at radius 1 is 1.20 bits per heavy atom. The van der Waals surface area contributed by atoms with Gasteiger partial charge in [-0.1, -0.05) is 30.3 Å². The molecule has 0 amide bonds. The fourth-order valence-corrected chi connectivity index (χ4v) is 2.72. The number of hydrogen-bond acceptors (Lipinski definition) is 4. The standard InChI is InChI=1S/C18H15BrN4OS/c1-24-16-9-7-14(8-10-16)17-21-22-18(25)23(17)20-12-15(19)11-13-5-3-2-4-6-13/h2-12H,1H3,(H,22,25). The maximum atomic E-state index is 5.27. The summed E-state index contributed by atoms with van der Waals surface area (Å²) in [6.07, 6.45) is 3.66. The number of nitrogens with zero attached hydrogens (tertiary/aromatic N) is 3. The quantitative estimate of drug-likeness (QED) is 0.477. The number of H-pyrrole nitrogens is 1. The fraction of sp³-hybridized carbons (Fsp3) is 0.0556. The second-order valence-corrected chi connectivity index (χ2v) is 6.38. The third-order valence-corrected chi connectivity index (χ3v) is 4.10. The average Bonchev–Trinajstić information content (AvgIpc) is 3.01. The SMILES string of the molecule is COc1ccc(-c2n[nH]c(=S)n2N=CC(Br)=Cc2ccccc2)cc1. The van der Waals surface area contributed by atoms with E-state index in [1.807, 2.05) is 60.7 Å². The maximum Gasteiger partial charge on any atom is 0.216 e. The van der Waals surface area contributed by atoms with E-state index in [9.17, 15) is 0 Å². The molecule has 1 heterocycles. The molecule has 0 atom stereocenters. The van der Waals surface area contributed by atoms with Crippen molar-refractivity contribution in [3.05, 3.63) is 69.4 Å². The van der Waals surface area contributed by atoms with E-state index < -0.39 is 0 Å². The van der Waals surface area contributed by atoms with Crippen molar-refractivity contribution in [2.75, 3.05) is 7.11 Å². The first-order valence-electron chi connectivity index (χ1n) is 7.46. The highest BCUT2D eigenvalue weighted by Gasteiger charge is 2.08. The van der Waals surface area contributed by atoms with Crippen LogP contribution in [-0.2, 0) is 0 Å². The van der Waals surface area contributed by atoms with Crippen molar-refractivity contribution >= 4 is 40.4 Å². The lowest BCUT2D eigenvalue weighted by Gasteiger charge is -2.03. The molecule has 0 aliphatic rings. The molecule has 1 N–H and O–H groups in total. The number of halogens is 1. The summed E-state index contributed by atoms with van der Waals surface area (Å²) in [6, 6.07) is 17.5. The summed E-state index contributed by atoms with van der Waals surface area (Å²) in [5.41, 5.74) is 1.96. The molecule has 5 nitrogen and oxygen atoms in total. The van der Waals surface area contributed by atoms with E-state index in [-0.39, 0.29) is 0 Å². The highest BCUT2D eigenvalue weighted by molar-refractivity contribution is 9.12. The molecule has 0 spiro atoms. The number of nitrogens with one attached hydrogen (secondary N) is 1. The van der Waals surface area contributed by atoms with Crippen molar-refractivity contribution in [3.63, 3.8) is 0 Å². The first kappa shape index (κ1) is 17.3. The molecular weight excluding hydrogens is 400 g/mol. The molecule has 0 saturated carbocycles. The highest BCUT2D eigenvalue weighted by Crippen LogP contribution is 2.21. The van der Waals surface area contributed by atoms with Gasteiger partial charge in [0, 0.05) is 10.0 Å². The Balaban J connectivity index is 1.89. The molecule has 0 aliphatic carbocycles. The number of aromatic nitrogens is 3. The smallest absolute Gasteiger partial charge is 0.216 e. The van der Waals surface area contributed by atoms with Gasteiger partial charge >= 0.3 is 0 Å². The molecule has 126 valence electrons. The van der Waals surface area contributed by atoms with Crippen LogP contribution in [0, 0.1) is 4.77 Å². The summed E-state index contributed by atoms with van der Waals surface area (Å²) >= 11 is 8.78. The van der Waals surface area contributed by atoms with Gasteiger partial charge < -0.3 is 4.74 Å². The van der Waals surface area contributed by atoms with Crippen molar-refractivity contribution in [1.82, 2.24) is 14.9 Å². The minimum absolute atomic E-state index is 0.419. The molecule has 2 aromatic carbocycles. The molecule has 0 unspecified atom stereocenters. The number of hydrogen-bond donors (Lipinski definition) is 1. The van der Waals surface area contributed by atoms with E-state index in [2.05, 4.69) is 31.2 Å². The zero-order valence-corrected chi connectivity index (χ0v) is 15.8. The second kappa shape index (κ2) is 8.04. The lowest BCUT2D eigenvalue weighted by molar-refractivity contribution is 0.415. The van der Waals surface area contributed by atoms with Crippen molar-refractivity contribution in [2.45, 2.75) is 0 Å². The first-order chi connectivity index (χ1) is 12.2. The molecule has 3 aromatic rings. The van der Waals surface area contributed by atoms with Crippen LogP contribution in [0.3, 0.4) is 0 Å². The summed E-state index contributed by atoms with van der Waals surface area (Å²) in [6.45, 7) is 0. The fourth-order valence-electron chi connectivity index (χ4n) is 2.18. The van der Waals surface area contributed by atoms with Crippen LogP contribution in [0.2, 0.25) is 0 Å². The van der Waals surface area contributed by atoms with Crippen LogP contribution >= 0.6 is 28.1 Å². The van der Waals surface area contributed by atoms with E-state index in [4.69, 9.17) is 17.0 Å². The Morgan fingerprint density at radius 3 is 2.60 bits per heavy atom. The molecule has 7 heteroatoms. The summed E-state index contributed by atoms with van der Waals surface area (Å²) in [4.78, 5) is 0. The molecule has 0 bridgehead atoms. The second-order valence-electron chi connectivity index (χ2n) is 5.08. The van der Waals surface area contributed by atoms with Crippen LogP contribution in [0.25, 0.3) is 17.5 Å². The monoisotopic (exact) mass is 414 g/mol. The summed E-state index contributed by atoms with van der Waals surface area (Å²) in [7, 11) is 1.63. The molecule has 1 aromatic heterocycles. The lowest BCUT2D eigenvalue weighted by Crippen LogP contribution is -1.94. The van der Waals surface area contributed by atoms with Crippen LogP contribution in [0.15, 0.2) is 64.2 Å². The van der Waals surface area contributed by atoms with Gasteiger partial charge in [0.15, 0.2) is 5.82 Å². The number of rotatable bonds is 5. The normalized spacial score (nSPS) is 11.8. The van der Waals surface area contributed by atoms with E-state index in [0.29, 0.717) is 10.6 Å². The van der Waals surface area contributed by atoms with Gasteiger partial charge in [0.05, 0.1) is 13.3 Å². The Kier molecular flexibility index (Phi) is 5.57. The molecular formula is C18H15BrN4OS. The minimum atomic E-state index is 0.419. The van der Waals surface area contributed by atoms with E-state index in [1.165, 1.54) is 0 Å². The van der Waals surface area contributed by atoms with Crippen LogP contribution in [0.1, 0.15) is 5.56 Å². The maximum absolute atomic E-state index is 5.27. The van der Waals surface area contributed by atoms with Crippen molar-refractivity contribution in [2.24, 2.45) is 5.10 Å². The number of aromatic amines is 1. The van der Waals surface area contributed by atoms with Crippen LogP contribution in [0.5, 0.6) is 5.75 Å². The Labute approximate surface area is 158 Å². The van der Waals surface area contributed by atoms with E-state index in [0.717, 1.165) is 21.4 Å². The van der Waals surface area contributed by atoms with Gasteiger partial charge in [0.1, 0.15) is 5.75 Å². The van der Waals surface area contributed by atoms with Crippen molar-refractivity contribution in [1.29, 1.82) is 0 Å². The van der Waals surface area contributed by atoms with Gasteiger partial charge in [-0.2, -0.15) is 14.9 Å². The third-order valence-electron chi connectivity index (χ3n) is 3.40. The van der Waals surface area contributed by atoms with Crippen molar-refractivity contribution < 1.29 is 4.74 Å². The first-order valence-corrected chi connectivity index (χ1v) is 8.66. The predicted octanol–water partition coefficient (Wildman–Crippen LogP) is 4.89. The minimum Gasteiger partial charge on any atom is -0.497 e. The average molecular weight is 415 g/mol. The number of allylic oxidation sites excluding steroid dienone is 1. The van der Waals surface area contributed by atoms with E-state index in [1.54, 1.807) is 18.0 Å². The Hall–Kier alpha value is -2.51. The summed E-state index contributed by atoms with van der Waals surface area (Å²) in [5, 5.41) is 11.5. The largest absolute Gasteiger partial charge is 0.497 e. The van der Waals surface area contributed by atoms with Gasteiger partial charge in [-0.3, -0.25) is 0 Å². The molecule has 0 aliphatic heterocycles. The van der Waals surface area contributed by atoms with Gasteiger partial charge in [-0.05, 0) is 64.1 Å². The van der Waals surface area contributed by atoms with Crippen LogP contribution in [0.4, 0.5) is 0 Å². The van der Waals surface area contributed by atoms with Crippen molar-refractivity contribution in [3.8, 4) is 17.1 Å². The van der Waals surface area contributed by atoms with Gasteiger partial charge in [0.25, 0.3) is 0 Å². The molecule has 0 fully saturated rings. The number of ether oxygens (including phenoxy) is 1. The summed E-state index contributed by atoms with van der Waals surface area (Å²) < 4.78 is 8.00. The topological polar surface area (TPSA) is 55.2 Å². The molecule has 0 radical (unpaired) electrons. The van der Waals surface area contributed by atoms with Crippen LogP contribution < -0.4 is 4.74 Å². The molecule has 0 saturated heterocycles. The number of methoxy groups -OCH3 is 1.